The van der Waals surface area contributed by atoms with Crippen molar-refractivity contribution >= 4 is 40.4 Å². The first-order valence-corrected chi connectivity index (χ1v) is 22.2. The van der Waals surface area contributed by atoms with Gasteiger partial charge in [-0.15, -0.1) is 0 Å². The number of phenolic OH excluding ortho intramolecular Hbond substituents is 1. The number of nitrogens with zero attached hydrogens (tertiary/aromatic N) is 3. The van der Waals surface area contributed by atoms with Crippen molar-refractivity contribution in [3.05, 3.63) is 128 Å². The number of aromatic hydroxyl groups is 1. The average molecular weight is 908 g/mol. The summed E-state index contributed by atoms with van der Waals surface area (Å²) < 4.78 is 30.2. The number of phenols is 1. The molecule has 0 spiro atoms. The summed E-state index contributed by atoms with van der Waals surface area (Å²) in [5, 5.41) is 40.6. The lowest BCUT2D eigenvalue weighted by molar-refractivity contribution is -0.142. The number of esters is 1. The molecule has 3 aliphatic heterocycles. The molecule has 67 heavy (non-hydrogen) atoms. The Kier molecular flexibility index (Phi) is 10.9. The van der Waals surface area contributed by atoms with Crippen LogP contribution in [0.2, 0.25) is 0 Å². The van der Waals surface area contributed by atoms with E-state index in [0.29, 0.717) is 56.5 Å². The monoisotopic (exact) mass is 907 g/mol. The molecule has 5 N–H and O–H groups in total. The van der Waals surface area contributed by atoms with Crippen molar-refractivity contribution in [3.8, 4) is 40.1 Å². The van der Waals surface area contributed by atoms with Crippen molar-refractivity contribution in [1.29, 1.82) is 0 Å². The molecule has 1 aliphatic carbocycles. The number of aliphatic hydroxyl groups excluding tert-OH is 1. The van der Waals surface area contributed by atoms with Gasteiger partial charge in [-0.1, -0.05) is 37.3 Å². The van der Waals surface area contributed by atoms with Crippen molar-refractivity contribution in [2.24, 2.45) is 16.8 Å². The standard InChI is InChI=1S/C51H49N5O11/c1-6-51(62,50(61)53-25(2)3)34-19-38-46-31(21-56(38)48(59)32(34)22-57)30(27-11-7-8-12-35(27)54-46)20-52-36-13-9-10-14-37(36)55-45-29-18-40-39(66-24-67-40)17-28(29)43(44-33(45)23-65-49(44)60)26-15-41(63-4)47(58)42(16-26)64-5/h7-20,25,33,43-45,55,57-58,62H,6,21-24H2,1-5H3,(H,53,61)/t33-,43+,44-,45+,51-/m0/s1. The fraction of sp³-hybridized carbons (Fsp3) is 0.314. The highest BCUT2D eigenvalue weighted by molar-refractivity contribution is 6.03. The number of aliphatic imine (C=N–C) groups is 1. The number of anilines is 1. The van der Waals surface area contributed by atoms with Crippen LogP contribution in [0.5, 0.6) is 28.7 Å². The van der Waals surface area contributed by atoms with Crippen molar-refractivity contribution in [3.63, 3.8) is 0 Å². The minimum atomic E-state index is -2.09. The van der Waals surface area contributed by atoms with Crippen LogP contribution in [0.1, 0.15) is 78.1 Å². The zero-order valence-corrected chi connectivity index (χ0v) is 37.5. The topological polar surface area (TPSA) is 212 Å². The summed E-state index contributed by atoms with van der Waals surface area (Å²) in [4.78, 5) is 51.8. The van der Waals surface area contributed by atoms with E-state index in [1.807, 2.05) is 60.7 Å². The molecule has 1 saturated heterocycles. The van der Waals surface area contributed by atoms with Crippen LogP contribution in [0, 0.1) is 11.8 Å². The number of ether oxygens (including phenoxy) is 5. The molecule has 16 nitrogen and oxygen atoms in total. The average Bonchev–Trinajstić information content (AvgIpc) is 4.06. The molecule has 5 atom stereocenters. The summed E-state index contributed by atoms with van der Waals surface area (Å²) in [6.45, 7) is 4.80. The number of nitrogens with one attached hydrogen (secondary N) is 2. The number of aromatic nitrogens is 2. The van der Waals surface area contributed by atoms with Crippen molar-refractivity contribution < 1.29 is 48.6 Å². The maximum absolute atomic E-state index is 14.3. The third-order valence-corrected chi connectivity index (χ3v) is 13.5. The Morgan fingerprint density at radius 2 is 1.69 bits per heavy atom. The van der Waals surface area contributed by atoms with Crippen LogP contribution in [0.25, 0.3) is 22.3 Å². The first-order valence-electron chi connectivity index (χ1n) is 22.2. The lowest BCUT2D eigenvalue weighted by atomic mass is 9.65. The van der Waals surface area contributed by atoms with E-state index in [0.717, 1.165) is 16.5 Å². The maximum Gasteiger partial charge on any atom is 0.310 e. The molecule has 6 aromatic rings. The zero-order chi connectivity index (χ0) is 46.9. The summed E-state index contributed by atoms with van der Waals surface area (Å²) in [5.41, 5.74) is 3.87. The molecule has 0 unspecified atom stereocenters. The number of pyridine rings is 2. The summed E-state index contributed by atoms with van der Waals surface area (Å²) >= 11 is 0. The second-order valence-corrected chi connectivity index (χ2v) is 17.5. The van der Waals surface area contributed by atoms with Crippen LogP contribution in [-0.4, -0.2) is 76.6 Å². The third-order valence-electron chi connectivity index (χ3n) is 13.5. The van der Waals surface area contributed by atoms with Crippen LogP contribution < -0.4 is 35.1 Å². The molecule has 4 aromatic carbocycles. The summed E-state index contributed by atoms with van der Waals surface area (Å²) in [7, 11) is 2.91. The molecule has 10 rings (SSSR count). The van der Waals surface area contributed by atoms with Crippen LogP contribution in [0.15, 0.2) is 88.6 Å². The number of rotatable bonds is 12. The van der Waals surface area contributed by atoms with Gasteiger partial charge in [-0.3, -0.25) is 19.4 Å². The van der Waals surface area contributed by atoms with Crippen LogP contribution in [0.3, 0.4) is 0 Å². The molecular formula is C51H49N5O11. The molecule has 16 heteroatoms. The van der Waals surface area contributed by atoms with Gasteiger partial charge in [-0.05, 0) is 85.5 Å². The Morgan fingerprint density at radius 1 is 0.985 bits per heavy atom. The molecule has 1 fully saturated rings. The molecule has 5 heterocycles. The van der Waals surface area contributed by atoms with Gasteiger partial charge >= 0.3 is 5.97 Å². The molecule has 0 bridgehead atoms. The summed E-state index contributed by atoms with van der Waals surface area (Å²) in [6.07, 6.45) is 1.71. The van der Waals surface area contributed by atoms with E-state index in [2.05, 4.69) is 10.6 Å². The number of hydrogen-bond acceptors (Lipinski definition) is 14. The first-order chi connectivity index (χ1) is 32.4. The van der Waals surface area contributed by atoms with E-state index in [4.69, 9.17) is 33.7 Å². The van der Waals surface area contributed by atoms with Crippen LogP contribution in [0.4, 0.5) is 11.4 Å². The van der Waals surface area contributed by atoms with Gasteiger partial charge in [0.2, 0.25) is 12.5 Å². The number of fused-ring (bicyclic) bond motifs is 7. The summed E-state index contributed by atoms with van der Waals surface area (Å²) in [6, 6.07) is 23.3. The highest BCUT2D eigenvalue weighted by atomic mass is 16.7. The number of carbonyl (C=O) groups is 2. The van der Waals surface area contributed by atoms with E-state index in [-0.39, 0.29) is 72.7 Å². The molecule has 1 amide bonds. The quantitative estimate of drug-likeness (QED) is 0.0671. The molecular weight excluding hydrogens is 859 g/mol. The highest BCUT2D eigenvalue weighted by Crippen LogP contribution is 2.56. The number of para-hydroxylation sites is 3. The van der Waals surface area contributed by atoms with Crippen LogP contribution in [-0.2, 0) is 33.1 Å². The lowest BCUT2D eigenvalue weighted by Gasteiger charge is -2.40. The van der Waals surface area contributed by atoms with Crippen molar-refractivity contribution in [2.75, 3.05) is 32.9 Å². The number of amides is 1. The van der Waals surface area contributed by atoms with Gasteiger partial charge < -0.3 is 54.2 Å². The molecule has 344 valence electrons. The zero-order valence-electron chi connectivity index (χ0n) is 37.5. The predicted octanol–water partition coefficient (Wildman–Crippen LogP) is 6.33. The van der Waals surface area contributed by atoms with Gasteiger partial charge in [0.1, 0.15) is 0 Å². The van der Waals surface area contributed by atoms with Crippen LogP contribution >= 0.6 is 0 Å². The number of cyclic esters (lactones) is 1. The minimum Gasteiger partial charge on any atom is -0.502 e. The van der Waals surface area contributed by atoms with Gasteiger partial charge in [0.05, 0.1) is 74.2 Å². The summed E-state index contributed by atoms with van der Waals surface area (Å²) in [5.74, 6) is -1.24. The maximum atomic E-state index is 14.3. The SMILES string of the molecule is CC[C@@](O)(C(=O)NC(C)C)c1cc2n(c(=O)c1CO)Cc1c-2nc2ccccc2c1C=Nc1ccccc1N[C@@H]1c2cc3c(cc2[C@@H](c2cc(OC)c(O)c(OC)c2)[C@H]2C(=O)OC[C@@H]21)OCO3. The fourth-order valence-electron chi connectivity index (χ4n) is 10.2. The van der Waals surface area contributed by atoms with Gasteiger partial charge in [-0.2, -0.15) is 0 Å². The minimum absolute atomic E-state index is 0.0312. The normalized spacial score (nSPS) is 19.7. The van der Waals surface area contributed by atoms with E-state index < -0.39 is 41.6 Å². The van der Waals surface area contributed by atoms with E-state index >= 15 is 0 Å². The van der Waals surface area contributed by atoms with Gasteiger partial charge in [0.15, 0.2) is 28.6 Å². The molecule has 2 aromatic heterocycles. The number of carbonyl (C=O) groups excluding carboxylic acids is 2. The second-order valence-electron chi connectivity index (χ2n) is 17.5. The Bertz CT molecular complexity index is 3090. The number of aliphatic hydroxyl groups is 2. The number of methoxy groups -OCH3 is 2. The lowest BCUT2D eigenvalue weighted by Crippen LogP contribution is -2.48. The first kappa shape index (κ1) is 43.5. The predicted molar refractivity (Wildman–Crippen MR) is 248 cm³/mol. The van der Waals surface area contributed by atoms with E-state index in [1.165, 1.54) is 18.8 Å². The van der Waals surface area contributed by atoms with Gasteiger partial charge in [0.25, 0.3) is 11.5 Å². The Labute approximate surface area is 384 Å². The second kappa shape index (κ2) is 16.8. The Hall–Kier alpha value is -7.43. The third kappa shape index (κ3) is 7.01. The van der Waals surface area contributed by atoms with Gasteiger partial charge in [-0.25, -0.2) is 4.98 Å². The molecule has 0 radical (unpaired) electrons. The van der Waals surface area contributed by atoms with E-state index in [9.17, 15) is 29.7 Å². The number of hydrogen-bond donors (Lipinski definition) is 5. The van der Waals surface area contributed by atoms with Crippen molar-refractivity contribution in [2.45, 2.75) is 63.9 Å². The number of benzene rings is 4. The Morgan fingerprint density at radius 3 is 2.39 bits per heavy atom. The van der Waals surface area contributed by atoms with Gasteiger partial charge in [0, 0.05) is 51.7 Å². The largest absolute Gasteiger partial charge is 0.502 e. The fourth-order valence-corrected chi connectivity index (χ4v) is 10.2. The Balaban J connectivity index is 1.07. The van der Waals surface area contributed by atoms with Crippen molar-refractivity contribution in [1.82, 2.24) is 14.9 Å². The highest BCUT2D eigenvalue weighted by Gasteiger charge is 2.53. The molecule has 4 aliphatic rings. The molecule has 0 saturated carbocycles. The smallest absolute Gasteiger partial charge is 0.310 e. The van der Waals surface area contributed by atoms with E-state index in [1.54, 1.807) is 45.2 Å².